The van der Waals surface area contributed by atoms with E-state index in [1.54, 1.807) is 0 Å². The van der Waals surface area contributed by atoms with Crippen molar-refractivity contribution in [1.29, 1.82) is 0 Å². The van der Waals surface area contributed by atoms with Crippen molar-refractivity contribution in [3.63, 3.8) is 0 Å². The molecule has 88 valence electrons. The summed E-state index contributed by atoms with van der Waals surface area (Å²) in [6, 6.07) is 0.576. The van der Waals surface area contributed by atoms with Crippen molar-refractivity contribution in [1.82, 2.24) is 5.32 Å². The topological polar surface area (TPSA) is 21.3 Å². The van der Waals surface area contributed by atoms with E-state index in [2.05, 4.69) is 19.2 Å². The second kappa shape index (κ2) is 4.84. The van der Waals surface area contributed by atoms with Crippen LogP contribution in [0.5, 0.6) is 0 Å². The molecule has 0 saturated heterocycles. The van der Waals surface area contributed by atoms with Gasteiger partial charge in [0.05, 0.1) is 11.7 Å². The monoisotopic (exact) mass is 211 g/mol. The van der Waals surface area contributed by atoms with Crippen molar-refractivity contribution in [2.75, 3.05) is 6.54 Å². The van der Waals surface area contributed by atoms with E-state index >= 15 is 0 Å². The first-order valence-electron chi connectivity index (χ1n) is 6.61. The molecule has 0 aromatic heterocycles. The number of rotatable bonds is 5. The minimum Gasteiger partial charge on any atom is -0.370 e. The van der Waals surface area contributed by atoms with Crippen LogP contribution in [-0.2, 0) is 4.74 Å². The third-order valence-corrected chi connectivity index (χ3v) is 3.82. The molecule has 2 saturated carbocycles. The van der Waals surface area contributed by atoms with Crippen LogP contribution < -0.4 is 5.32 Å². The van der Waals surface area contributed by atoms with Crippen LogP contribution in [0.15, 0.2) is 0 Å². The van der Waals surface area contributed by atoms with Gasteiger partial charge in [0.15, 0.2) is 0 Å². The molecule has 0 spiro atoms. The predicted octanol–water partition coefficient (Wildman–Crippen LogP) is 2.87. The number of nitrogens with one attached hydrogen (secondary N) is 1. The van der Waals surface area contributed by atoms with Crippen molar-refractivity contribution in [3.8, 4) is 0 Å². The second-order valence-corrected chi connectivity index (χ2v) is 5.60. The summed E-state index contributed by atoms with van der Waals surface area (Å²) in [6.45, 7) is 5.49. The summed E-state index contributed by atoms with van der Waals surface area (Å²) in [5.41, 5.74) is 0.190. The minimum absolute atomic E-state index is 0.190. The fraction of sp³-hybridized carbons (Fsp3) is 1.00. The number of ether oxygens (including phenoxy) is 1. The molecule has 1 N–H and O–H groups in total. The molecule has 0 radical (unpaired) electrons. The SMILES string of the molecule is CC(C)NCC1(OC2CCC2)CCCC1. The smallest absolute Gasteiger partial charge is 0.0810 e. The Morgan fingerprint density at radius 2 is 1.87 bits per heavy atom. The van der Waals surface area contributed by atoms with Crippen LogP contribution in [0.3, 0.4) is 0 Å². The fourth-order valence-corrected chi connectivity index (χ4v) is 2.59. The summed E-state index contributed by atoms with van der Waals surface area (Å²) in [6.07, 6.45) is 9.79. The van der Waals surface area contributed by atoms with E-state index in [1.807, 2.05) is 0 Å². The Hall–Kier alpha value is -0.0800. The maximum absolute atomic E-state index is 6.32. The van der Waals surface area contributed by atoms with Crippen LogP contribution in [0, 0.1) is 0 Å². The number of hydrogen-bond acceptors (Lipinski definition) is 2. The summed E-state index contributed by atoms with van der Waals surface area (Å²) in [5.74, 6) is 0. The quantitative estimate of drug-likeness (QED) is 0.755. The molecule has 2 nitrogen and oxygen atoms in total. The molecular weight excluding hydrogens is 186 g/mol. The Bertz CT molecular complexity index is 193. The Morgan fingerprint density at radius 1 is 1.20 bits per heavy atom. The van der Waals surface area contributed by atoms with Crippen LogP contribution in [0.2, 0.25) is 0 Å². The lowest BCUT2D eigenvalue weighted by Gasteiger charge is -2.38. The van der Waals surface area contributed by atoms with Gasteiger partial charge in [-0.05, 0) is 32.1 Å². The van der Waals surface area contributed by atoms with E-state index in [4.69, 9.17) is 4.74 Å². The van der Waals surface area contributed by atoms with E-state index in [-0.39, 0.29) is 5.60 Å². The summed E-state index contributed by atoms with van der Waals surface area (Å²) < 4.78 is 6.32. The Kier molecular flexibility index (Phi) is 3.68. The third kappa shape index (κ3) is 2.94. The van der Waals surface area contributed by atoms with Crippen molar-refractivity contribution >= 4 is 0 Å². The van der Waals surface area contributed by atoms with Gasteiger partial charge in [0.1, 0.15) is 0 Å². The minimum atomic E-state index is 0.190. The summed E-state index contributed by atoms with van der Waals surface area (Å²) in [4.78, 5) is 0. The van der Waals surface area contributed by atoms with Crippen LogP contribution in [0.4, 0.5) is 0 Å². The zero-order valence-electron chi connectivity index (χ0n) is 10.2. The molecule has 0 aromatic carbocycles. The van der Waals surface area contributed by atoms with Gasteiger partial charge in [-0.15, -0.1) is 0 Å². The molecule has 15 heavy (non-hydrogen) atoms. The molecule has 0 unspecified atom stereocenters. The molecule has 0 amide bonds. The first-order chi connectivity index (χ1) is 7.20. The van der Waals surface area contributed by atoms with E-state index < -0.39 is 0 Å². The third-order valence-electron chi connectivity index (χ3n) is 3.82. The van der Waals surface area contributed by atoms with Gasteiger partial charge in [-0.25, -0.2) is 0 Å². The van der Waals surface area contributed by atoms with Crippen LogP contribution in [-0.4, -0.2) is 24.3 Å². The zero-order chi connectivity index (χ0) is 10.7. The lowest BCUT2D eigenvalue weighted by atomic mass is 9.93. The lowest BCUT2D eigenvalue weighted by molar-refractivity contribution is -0.117. The van der Waals surface area contributed by atoms with Gasteiger partial charge in [0.2, 0.25) is 0 Å². The van der Waals surface area contributed by atoms with Gasteiger partial charge in [-0.2, -0.15) is 0 Å². The number of hydrogen-bond donors (Lipinski definition) is 1. The van der Waals surface area contributed by atoms with Crippen molar-refractivity contribution < 1.29 is 4.74 Å². The molecular formula is C13H25NO. The van der Waals surface area contributed by atoms with Gasteiger partial charge < -0.3 is 10.1 Å². The van der Waals surface area contributed by atoms with Crippen LogP contribution in [0.25, 0.3) is 0 Å². The van der Waals surface area contributed by atoms with Crippen molar-refractivity contribution in [2.24, 2.45) is 0 Å². The lowest BCUT2D eigenvalue weighted by Crippen LogP contribution is -2.46. The average Bonchev–Trinajstić information content (AvgIpc) is 2.58. The van der Waals surface area contributed by atoms with Gasteiger partial charge in [0.25, 0.3) is 0 Å². The maximum atomic E-state index is 6.32. The normalized spacial score (nSPS) is 25.8. The van der Waals surface area contributed by atoms with E-state index in [1.165, 1.54) is 44.9 Å². The molecule has 2 aliphatic rings. The van der Waals surface area contributed by atoms with Crippen molar-refractivity contribution in [3.05, 3.63) is 0 Å². The van der Waals surface area contributed by atoms with E-state index in [9.17, 15) is 0 Å². The Morgan fingerprint density at radius 3 is 2.33 bits per heavy atom. The van der Waals surface area contributed by atoms with Crippen LogP contribution in [0.1, 0.15) is 58.8 Å². The molecule has 0 bridgehead atoms. The average molecular weight is 211 g/mol. The fourth-order valence-electron chi connectivity index (χ4n) is 2.59. The highest BCUT2D eigenvalue weighted by Gasteiger charge is 2.38. The molecule has 0 heterocycles. The van der Waals surface area contributed by atoms with Gasteiger partial charge >= 0.3 is 0 Å². The summed E-state index contributed by atoms with van der Waals surface area (Å²) in [5, 5.41) is 3.56. The van der Waals surface area contributed by atoms with Gasteiger partial charge in [0, 0.05) is 12.6 Å². The van der Waals surface area contributed by atoms with E-state index in [0.29, 0.717) is 12.1 Å². The predicted molar refractivity (Wildman–Crippen MR) is 63.1 cm³/mol. The molecule has 0 atom stereocenters. The van der Waals surface area contributed by atoms with Gasteiger partial charge in [-0.3, -0.25) is 0 Å². The highest BCUT2D eigenvalue weighted by atomic mass is 16.5. The van der Waals surface area contributed by atoms with Gasteiger partial charge in [-0.1, -0.05) is 26.7 Å². The largest absolute Gasteiger partial charge is 0.370 e. The van der Waals surface area contributed by atoms with E-state index in [0.717, 1.165) is 6.54 Å². The maximum Gasteiger partial charge on any atom is 0.0810 e. The summed E-state index contributed by atoms with van der Waals surface area (Å²) in [7, 11) is 0. The summed E-state index contributed by atoms with van der Waals surface area (Å²) >= 11 is 0. The molecule has 2 fully saturated rings. The zero-order valence-corrected chi connectivity index (χ0v) is 10.2. The highest BCUT2D eigenvalue weighted by Crippen LogP contribution is 2.37. The molecule has 0 aliphatic heterocycles. The van der Waals surface area contributed by atoms with Crippen molar-refractivity contribution in [2.45, 2.75) is 76.5 Å². The van der Waals surface area contributed by atoms with Crippen LogP contribution >= 0.6 is 0 Å². The molecule has 2 rings (SSSR count). The molecule has 2 aliphatic carbocycles. The second-order valence-electron chi connectivity index (χ2n) is 5.60. The molecule has 0 aromatic rings. The molecule has 2 heteroatoms. The first-order valence-corrected chi connectivity index (χ1v) is 6.61. The first kappa shape index (κ1) is 11.4. The highest BCUT2D eigenvalue weighted by molar-refractivity contribution is 4.91. The Labute approximate surface area is 93.8 Å². The Balaban J connectivity index is 1.84. The standard InChI is InChI=1S/C13H25NO/c1-11(2)14-10-13(8-3-4-9-13)15-12-6-5-7-12/h11-12,14H,3-10H2,1-2H3.